The van der Waals surface area contributed by atoms with Crippen molar-refractivity contribution in [3.63, 3.8) is 0 Å². The summed E-state index contributed by atoms with van der Waals surface area (Å²) >= 11 is 0. The summed E-state index contributed by atoms with van der Waals surface area (Å²) in [5, 5.41) is 5.24. The second-order valence-corrected chi connectivity index (χ2v) is 6.58. The third-order valence-electron chi connectivity index (χ3n) is 4.88. The van der Waals surface area contributed by atoms with Crippen LogP contribution in [0.3, 0.4) is 0 Å². The molecule has 0 aliphatic rings. The van der Waals surface area contributed by atoms with E-state index in [0.29, 0.717) is 23.6 Å². The minimum atomic E-state index is -0.154. The number of rotatable bonds is 6. The van der Waals surface area contributed by atoms with Gasteiger partial charge in [0.1, 0.15) is 5.75 Å². The Kier molecular flexibility index (Phi) is 5.00. The highest BCUT2D eigenvalue weighted by Gasteiger charge is 2.14. The van der Waals surface area contributed by atoms with Crippen molar-refractivity contribution in [1.29, 1.82) is 0 Å². The molecule has 5 nitrogen and oxygen atoms in total. The molecule has 0 spiro atoms. The van der Waals surface area contributed by atoms with Crippen LogP contribution in [0.2, 0.25) is 0 Å². The summed E-state index contributed by atoms with van der Waals surface area (Å²) in [4.78, 5) is 12.8. The molecule has 0 fully saturated rings. The summed E-state index contributed by atoms with van der Waals surface area (Å²) < 4.78 is 12.7. The van der Waals surface area contributed by atoms with Crippen molar-refractivity contribution < 1.29 is 14.3 Å². The van der Waals surface area contributed by atoms with Gasteiger partial charge in [-0.1, -0.05) is 30.3 Å². The molecule has 5 heteroatoms. The molecule has 1 N–H and O–H groups in total. The predicted octanol–water partition coefficient (Wildman–Crippen LogP) is 4.70. The number of nitrogens with zero attached hydrogens (tertiary/aromatic N) is 1. The van der Waals surface area contributed by atoms with Crippen molar-refractivity contribution in [3.8, 4) is 5.75 Å². The van der Waals surface area contributed by atoms with Crippen LogP contribution >= 0.6 is 0 Å². The molecule has 0 aliphatic carbocycles. The average molecular weight is 374 g/mol. The smallest absolute Gasteiger partial charge is 0.255 e. The van der Waals surface area contributed by atoms with Crippen LogP contribution in [-0.4, -0.2) is 31.3 Å². The number of aromatic nitrogens is 1. The van der Waals surface area contributed by atoms with Crippen molar-refractivity contribution >= 4 is 33.4 Å². The summed E-state index contributed by atoms with van der Waals surface area (Å²) in [6.45, 7) is 1.33. The maximum Gasteiger partial charge on any atom is 0.255 e. The fourth-order valence-corrected chi connectivity index (χ4v) is 3.52. The molecule has 1 aromatic heterocycles. The van der Waals surface area contributed by atoms with E-state index in [4.69, 9.17) is 9.47 Å². The number of methoxy groups -OCH3 is 2. The lowest BCUT2D eigenvalue weighted by Crippen LogP contribution is -2.12. The summed E-state index contributed by atoms with van der Waals surface area (Å²) in [5.74, 6) is 0.548. The third-order valence-corrected chi connectivity index (χ3v) is 4.88. The minimum Gasteiger partial charge on any atom is -0.497 e. The van der Waals surface area contributed by atoms with E-state index in [1.807, 2.05) is 48.5 Å². The molecule has 0 unspecified atom stereocenters. The van der Waals surface area contributed by atoms with E-state index in [2.05, 4.69) is 22.0 Å². The number of carbonyl (C=O) groups is 1. The molecule has 4 aromatic rings. The van der Waals surface area contributed by atoms with Crippen LogP contribution < -0.4 is 10.1 Å². The molecule has 0 atom stereocenters. The largest absolute Gasteiger partial charge is 0.497 e. The molecule has 1 heterocycles. The Morgan fingerprint density at radius 2 is 1.75 bits per heavy atom. The number of nitrogens with one attached hydrogen (secondary N) is 1. The van der Waals surface area contributed by atoms with E-state index in [0.717, 1.165) is 23.0 Å². The monoisotopic (exact) mass is 374 g/mol. The number of amides is 1. The first-order valence-corrected chi connectivity index (χ1v) is 9.16. The molecular weight excluding hydrogens is 352 g/mol. The fraction of sp³-hybridized carbons (Fsp3) is 0.174. The normalized spacial score (nSPS) is 11.1. The molecular formula is C23H22N2O3. The third kappa shape index (κ3) is 3.32. The van der Waals surface area contributed by atoms with Gasteiger partial charge in [-0.05, 0) is 30.3 Å². The second kappa shape index (κ2) is 7.74. The van der Waals surface area contributed by atoms with E-state index < -0.39 is 0 Å². The number of anilines is 1. The number of hydrogen-bond acceptors (Lipinski definition) is 3. The lowest BCUT2D eigenvalue weighted by molar-refractivity contribution is 0.102. The Bertz CT molecular complexity index is 1150. The zero-order valence-corrected chi connectivity index (χ0v) is 15.9. The van der Waals surface area contributed by atoms with E-state index in [1.54, 1.807) is 20.3 Å². The van der Waals surface area contributed by atoms with Crippen LogP contribution in [0.1, 0.15) is 10.4 Å². The summed E-state index contributed by atoms with van der Waals surface area (Å²) in [6, 6.07) is 21.4. The number of benzene rings is 3. The van der Waals surface area contributed by atoms with Crippen molar-refractivity contribution in [3.05, 3.63) is 72.3 Å². The highest BCUT2D eigenvalue weighted by atomic mass is 16.5. The first kappa shape index (κ1) is 18.1. The summed E-state index contributed by atoms with van der Waals surface area (Å²) in [6.07, 6.45) is 0. The van der Waals surface area contributed by atoms with Gasteiger partial charge >= 0.3 is 0 Å². The van der Waals surface area contributed by atoms with Crippen LogP contribution in [-0.2, 0) is 11.3 Å². The lowest BCUT2D eigenvalue weighted by Gasteiger charge is -2.09. The minimum absolute atomic E-state index is 0.154. The van der Waals surface area contributed by atoms with Crippen molar-refractivity contribution in [2.45, 2.75) is 6.54 Å². The molecule has 0 aliphatic heterocycles. The Labute approximate surface area is 163 Å². The zero-order chi connectivity index (χ0) is 19.5. The Morgan fingerprint density at radius 1 is 0.929 bits per heavy atom. The van der Waals surface area contributed by atoms with Crippen LogP contribution in [0.25, 0.3) is 21.8 Å². The maximum atomic E-state index is 12.8. The standard InChI is InChI=1S/C23H22N2O3/c1-27-13-12-25-21-9-4-3-8-19(21)20-11-10-16(14-22(20)25)23(26)24-17-6-5-7-18(15-17)28-2/h3-11,14-15H,12-13H2,1-2H3,(H,24,26). The quantitative estimate of drug-likeness (QED) is 0.532. The van der Waals surface area contributed by atoms with E-state index in [-0.39, 0.29) is 5.91 Å². The van der Waals surface area contributed by atoms with E-state index in [9.17, 15) is 4.79 Å². The number of ether oxygens (including phenoxy) is 2. The van der Waals surface area contributed by atoms with Gasteiger partial charge in [-0.2, -0.15) is 0 Å². The van der Waals surface area contributed by atoms with Gasteiger partial charge in [0.15, 0.2) is 0 Å². The maximum absolute atomic E-state index is 12.8. The molecule has 142 valence electrons. The second-order valence-electron chi connectivity index (χ2n) is 6.58. The number of para-hydroxylation sites is 1. The van der Waals surface area contributed by atoms with Gasteiger partial charge in [0.25, 0.3) is 5.91 Å². The van der Waals surface area contributed by atoms with Gasteiger partial charge in [0, 0.05) is 52.8 Å². The highest BCUT2D eigenvalue weighted by Crippen LogP contribution is 2.30. The molecule has 3 aromatic carbocycles. The van der Waals surface area contributed by atoms with Gasteiger partial charge in [0.2, 0.25) is 0 Å². The first-order chi connectivity index (χ1) is 13.7. The number of hydrogen-bond donors (Lipinski definition) is 1. The van der Waals surface area contributed by atoms with Crippen LogP contribution in [0.5, 0.6) is 5.75 Å². The number of fused-ring (bicyclic) bond motifs is 3. The predicted molar refractivity (Wildman–Crippen MR) is 112 cm³/mol. The lowest BCUT2D eigenvalue weighted by atomic mass is 10.1. The Morgan fingerprint density at radius 3 is 2.57 bits per heavy atom. The van der Waals surface area contributed by atoms with Gasteiger partial charge in [-0.25, -0.2) is 0 Å². The molecule has 0 saturated heterocycles. The first-order valence-electron chi connectivity index (χ1n) is 9.16. The van der Waals surface area contributed by atoms with Gasteiger partial charge in [-0.3, -0.25) is 4.79 Å². The molecule has 0 radical (unpaired) electrons. The molecule has 28 heavy (non-hydrogen) atoms. The molecule has 4 rings (SSSR count). The summed E-state index contributed by atoms with van der Waals surface area (Å²) in [5.41, 5.74) is 3.47. The Hall–Kier alpha value is -3.31. The topological polar surface area (TPSA) is 52.5 Å². The SMILES string of the molecule is COCCn1c2ccccc2c2ccc(C(=O)Nc3cccc(OC)c3)cc21. The van der Waals surface area contributed by atoms with Gasteiger partial charge < -0.3 is 19.4 Å². The highest BCUT2D eigenvalue weighted by molar-refractivity contribution is 6.12. The van der Waals surface area contributed by atoms with Crippen LogP contribution in [0.4, 0.5) is 5.69 Å². The molecule has 1 amide bonds. The van der Waals surface area contributed by atoms with E-state index >= 15 is 0 Å². The fourth-order valence-electron chi connectivity index (χ4n) is 3.52. The Balaban J connectivity index is 1.73. The molecule has 0 saturated carbocycles. The van der Waals surface area contributed by atoms with Crippen molar-refractivity contribution in [1.82, 2.24) is 4.57 Å². The van der Waals surface area contributed by atoms with Crippen LogP contribution in [0, 0.1) is 0 Å². The van der Waals surface area contributed by atoms with E-state index in [1.165, 1.54) is 5.39 Å². The van der Waals surface area contributed by atoms with Gasteiger partial charge in [-0.15, -0.1) is 0 Å². The average Bonchev–Trinajstić information content (AvgIpc) is 3.05. The van der Waals surface area contributed by atoms with Crippen LogP contribution in [0.15, 0.2) is 66.7 Å². The number of carbonyl (C=O) groups excluding carboxylic acids is 1. The van der Waals surface area contributed by atoms with Crippen molar-refractivity contribution in [2.75, 3.05) is 26.1 Å². The molecule has 0 bridgehead atoms. The summed E-state index contributed by atoms with van der Waals surface area (Å²) in [7, 11) is 3.30. The van der Waals surface area contributed by atoms with Gasteiger partial charge in [0.05, 0.1) is 13.7 Å². The zero-order valence-electron chi connectivity index (χ0n) is 15.9. The van der Waals surface area contributed by atoms with Crippen molar-refractivity contribution in [2.24, 2.45) is 0 Å².